The summed E-state index contributed by atoms with van der Waals surface area (Å²) >= 11 is 0. The standard InChI is InChI=1S/C28H35N3O5S2/c1-20-8-6-9-21(2)31(20)19-24(30-28(32)23-14-16-25(17-15-23)37(3,33)34)18-29-38(35,36)27-13-7-11-22-10-4-5-12-26(22)27/h4-5,7,10-17,20-21,24,29H,6,8-9,18-19H2,1-3H3,(H,30,32)/t20-,21+,24-/m0/s1. The average Bonchev–Trinajstić information content (AvgIpc) is 2.88. The molecule has 1 heterocycles. The summed E-state index contributed by atoms with van der Waals surface area (Å²) in [7, 11) is -7.24. The summed E-state index contributed by atoms with van der Waals surface area (Å²) in [5.41, 5.74) is 0.305. The predicted octanol–water partition coefficient (Wildman–Crippen LogP) is 3.58. The Morgan fingerprint density at radius 2 is 1.55 bits per heavy atom. The van der Waals surface area contributed by atoms with E-state index in [-0.39, 0.29) is 16.3 Å². The van der Waals surface area contributed by atoms with E-state index >= 15 is 0 Å². The van der Waals surface area contributed by atoms with E-state index in [0.29, 0.717) is 29.6 Å². The number of likely N-dealkylation sites (tertiary alicyclic amines) is 1. The molecule has 0 saturated carbocycles. The maximum absolute atomic E-state index is 13.4. The molecule has 1 aliphatic heterocycles. The van der Waals surface area contributed by atoms with Gasteiger partial charge in [-0.15, -0.1) is 0 Å². The number of nitrogens with zero attached hydrogens (tertiary/aromatic N) is 1. The summed E-state index contributed by atoms with van der Waals surface area (Å²) in [5, 5.41) is 4.44. The number of piperidine rings is 1. The molecule has 3 aromatic carbocycles. The van der Waals surface area contributed by atoms with Crippen LogP contribution in [0.4, 0.5) is 0 Å². The second kappa shape index (κ2) is 11.5. The van der Waals surface area contributed by atoms with Gasteiger partial charge in [0.1, 0.15) is 0 Å². The summed E-state index contributed by atoms with van der Waals surface area (Å²) in [6, 6.07) is 18.3. The molecular formula is C28H35N3O5S2. The van der Waals surface area contributed by atoms with Crippen molar-refractivity contribution in [3.63, 3.8) is 0 Å². The number of sulfonamides is 1. The number of carbonyl (C=O) groups is 1. The zero-order valence-corrected chi connectivity index (χ0v) is 23.6. The highest BCUT2D eigenvalue weighted by atomic mass is 32.2. The summed E-state index contributed by atoms with van der Waals surface area (Å²) in [6.07, 6.45) is 4.33. The minimum Gasteiger partial charge on any atom is -0.347 e. The van der Waals surface area contributed by atoms with Crippen molar-refractivity contribution < 1.29 is 21.6 Å². The number of amides is 1. The van der Waals surface area contributed by atoms with Crippen LogP contribution >= 0.6 is 0 Å². The van der Waals surface area contributed by atoms with Crippen LogP contribution in [0.5, 0.6) is 0 Å². The molecule has 2 N–H and O–H groups in total. The number of nitrogens with one attached hydrogen (secondary N) is 2. The van der Waals surface area contributed by atoms with Crippen molar-refractivity contribution in [1.29, 1.82) is 0 Å². The van der Waals surface area contributed by atoms with Gasteiger partial charge < -0.3 is 5.32 Å². The number of carbonyl (C=O) groups excluding carboxylic acids is 1. The summed E-state index contributed by atoms with van der Waals surface area (Å²) in [4.78, 5) is 15.8. The maximum Gasteiger partial charge on any atom is 0.251 e. The molecule has 0 spiro atoms. The zero-order valence-electron chi connectivity index (χ0n) is 21.9. The van der Waals surface area contributed by atoms with Crippen LogP contribution in [-0.4, -0.2) is 65.1 Å². The van der Waals surface area contributed by atoms with Crippen molar-refractivity contribution in [2.24, 2.45) is 0 Å². The van der Waals surface area contributed by atoms with Crippen LogP contribution in [0.15, 0.2) is 76.5 Å². The minimum absolute atomic E-state index is 0.00859. The highest BCUT2D eigenvalue weighted by Gasteiger charge is 2.29. The van der Waals surface area contributed by atoms with E-state index in [1.165, 1.54) is 24.3 Å². The van der Waals surface area contributed by atoms with Gasteiger partial charge in [-0.05, 0) is 62.4 Å². The van der Waals surface area contributed by atoms with Crippen molar-refractivity contribution in [2.45, 2.75) is 61.0 Å². The molecule has 1 fully saturated rings. The van der Waals surface area contributed by atoms with Gasteiger partial charge in [-0.25, -0.2) is 21.6 Å². The maximum atomic E-state index is 13.4. The van der Waals surface area contributed by atoms with Crippen molar-refractivity contribution >= 4 is 36.5 Å². The second-order valence-corrected chi connectivity index (χ2v) is 13.9. The Morgan fingerprint density at radius 1 is 0.921 bits per heavy atom. The first-order valence-electron chi connectivity index (χ1n) is 12.8. The van der Waals surface area contributed by atoms with Gasteiger partial charge >= 0.3 is 0 Å². The van der Waals surface area contributed by atoms with Gasteiger partial charge in [-0.2, -0.15) is 0 Å². The van der Waals surface area contributed by atoms with Gasteiger partial charge in [0.25, 0.3) is 5.91 Å². The quantitative estimate of drug-likeness (QED) is 0.416. The molecule has 0 aliphatic carbocycles. The summed E-state index contributed by atoms with van der Waals surface area (Å²) in [5.74, 6) is -0.392. The Morgan fingerprint density at radius 3 is 2.21 bits per heavy atom. The van der Waals surface area contributed by atoms with Crippen molar-refractivity contribution in [3.05, 3.63) is 72.3 Å². The van der Waals surface area contributed by atoms with Crippen LogP contribution in [0.2, 0.25) is 0 Å². The SMILES string of the molecule is C[C@@H]1CCC[C@H](C)N1C[C@H](CNS(=O)(=O)c1cccc2ccccc12)NC(=O)c1ccc(S(C)(=O)=O)cc1. The Labute approximate surface area is 225 Å². The summed E-state index contributed by atoms with van der Waals surface area (Å²) in [6.45, 7) is 4.79. The number of hydrogen-bond donors (Lipinski definition) is 2. The number of benzene rings is 3. The van der Waals surface area contributed by atoms with E-state index in [4.69, 9.17) is 0 Å². The van der Waals surface area contributed by atoms with Gasteiger partial charge in [0.15, 0.2) is 9.84 Å². The van der Waals surface area contributed by atoms with Gasteiger partial charge in [0.2, 0.25) is 10.0 Å². The van der Waals surface area contributed by atoms with Crippen LogP contribution in [0.3, 0.4) is 0 Å². The van der Waals surface area contributed by atoms with E-state index in [1.807, 2.05) is 18.2 Å². The van der Waals surface area contributed by atoms with Crippen molar-refractivity contribution in [2.75, 3.05) is 19.3 Å². The Balaban J connectivity index is 1.56. The molecule has 3 aromatic rings. The van der Waals surface area contributed by atoms with Gasteiger partial charge in [-0.3, -0.25) is 9.69 Å². The third-order valence-electron chi connectivity index (χ3n) is 7.25. The van der Waals surface area contributed by atoms with E-state index < -0.39 is 31.8 Å². The third-order valence-corrected chi connectivity index (χ3v) is 9.86. The molecule has 0 unspecified atom stereocenters. The van der Waals surface area contributed by atoms with E-state index in [2.05, 4.69) is 28.8 Å². The first-order chi connectivity index (χ1) is 18.0. The van der Waals surface area contributed by atoms with E-state index in [1.54, 1.807) is 24.3 Å². The molecule has 3 atom stereocenters. The highest BCUT2D eigenvalue weighted by molar-refractivity contribution is 7.90. The molecule has 8 nitrogen and oxygen atoms in total. The topological polar surface area (TPSA) is 113 Å². The van der Waals surface area contributed by atoms with Crippen LogP contribution in [0, 0.1) is 0 Å². The predicted molar refractivity (Wildman–Crippen MR) is 149 cm³/mol. The fraction of sp³-hybridized carbons (Fsp3) is 0.393. The molecule has 1 aliphatic rings. The molecule has 1 amide bonds. The normalized spacial score (nSPS) is 19.8. The second-order valence-electron chi connectivity index (χ2n) is 10.1. The van der Waals surface area contributed by atoms with Crippen LogP contribution in [0.1, 0.15) is 43.5 Å². The largest absolute Gasteiger partial charge is 0.347 e. The summed E-state index contributed by atoms with van der Waals surface area (Å²) < 4.78 is 53.0. The number of fused-ring (bicyclic) bond motifs is 1. The van der Waals surface area contributed by atoms with Gasteiger partial charge in [0, 0.05) is 42.4 Å². The van der Waals surface area contributed by atoms with Crippen LogP contribution in [-0.2, 0) is 19.9 Å². The van der Waals surface area contributed by atoms with Gasteiger partial charge in [-0.1, -0.05) is 42.8 Å². The molecule has 10 heteroatoms. The Bertz CT molecular complexity index is 1490. The fourth-order valence-electron chi connectivity index (χ4n) is 5.09. The Hall–Kier alpha value is -2.79. The molecular weight excluding hydrogens is 522 g/mol. The van der Waals surface area contributed by atoms with E-state index in [9.17, 15) is 21.6 Å². The minimum atomic E-state index is -3.86. The lowest BCUT2D eigenvalue weighted by molar-refractivity contribution is 0.0799. The third kappa shape index (κ3) is 6.61. The number of rotatable bonds is 9. The van der Waals surface area contributed by atoms with Crippen molar-refractivity contribution in [3.8, 4) is 0 Å². The lowest BCUT2D eigenvalue weighted by Gasteiger charge is -2.41. The number of sulfone groups is 1. The van der Waals surface area contributed by atoms with Gasteiger partial charge in [0.05, 0.1) is 15.8 Å². The lowest BCUT2D eigenvalue weighted by atomic mass is 9.97. The smallest absolute Gasteiger partial charge is 0.251 e. The lowest BCUT2D eigenvalue weighted by Crippen LogP contribution is -2.54. The zero-order chi connectivity index (χ0) is 27.5. The molecule has 0 aromatic heterocycles. The fourth-order valence-corrected chi connectivity index (χ4v) is 7.03. The molecule has 0 radical (unpaired) electrons. The number of hydrogen-bond acceptors (Lipinski definition) is 6. The first-order valence-corrected chi connectivity index (χ1v) is 16.2. The van der Waals surface area contributed by atoms with Crippen molar-refractivity contribution in [1.82, 2.24) is 14.9 Å². The van der Waals surface area contributed by atoms with Crippen LogP contribution in [0.25, 0.3) is 10.8 Å². The average molecular weight is 558 g/mol. The highest BCUT2D eigenvalue weighted by Crippen LogP contribution is 2.24. The molecule has 1 saturated heterocycles. The molecule has 4 rings (SSSR count). The molecule has 204 valence electrons. The first kappa shape index (κ1) is 28.2. The Kier molecular flexibility index (Phi) is 8.56. The van der Waals surface area contributed by atoms with E-state index in [0.717, 1.165) is 30.9 Å². The molecule has 0 bridgehead atoms. The molecule has 38 heavy (non-hydrogen) atoms. The monoisotopic (exact) mass is 557 g/mol. The van der Waals surface area contributed by atoms with Crippen LogP contribution < -0.4 is 10.0 Å².